The molecular formula is C9H20O3. The van der Waals surface area contributed by atoms with Gasteiger partial charge in [-0.15, -0.1) is 0 Å². The standard InChI is InChI=1S/C8H18O.CH2O2/c1-7(6-9)5-8(2,3)4;2-1-3/h7,9H,5-6H2,1-4H3;1H,(H,2,3). The molecule has 1 atom stereocenters. The van der Waals surface area contributed by atoms with Gasteiger partial charge in [0.15, 0.2) is 0 Å². The minimum Gasteiger partial charge on any atom is -0.483 e. The summed E-state index contributed by atoms with van der Waals surface area (Å²) in [5.74, 6) is 0.449. The molecule has 3 nitrogen and oxygen atoms in total. The van der Waals surface area contributed by atoms with Crippen LogP contribution in [0.1, 0.15) is 34.1 Å². The Morgan fingerprint density at radius 2 is 1.75 bits per heavy atom. The third-order valence-corrected chi connectivity index (χ3v) is 1.27. The maximum absolute atomic E-state index is 8.70. The Balaban J connectivity index is 0. The maximum atomic E-state index is 8.70. The van der Waals surface area contributed by atoms with E-state index in [1.54, 1.807) is 0 Å². The lowest BCUT2D eigenvalue weighted by Crippen LogP contribution is -2.13. The summed E-state index contributed by atoms with van der Waals surface area (Å²) in [6.45, 7) is 8.72. The molecule has 0 radical (unpaired) electrons. The van der Waals surface area contributed by atoms with E-state index in [0.717, 1.165) is 6.42 Å². The summed E-state index contributed by atoms with van der Waals surface area (Å²) in [7, 11) is 0. The fourth-order valence-electron chi connectivity index (χ4n) is 1.11. The molecule has 0 aromatic carbocycles. The van der Waals surface area contributed by atoms with Crippen LogP contribution in [0.3, 0.4) is 0 Å². The highest BCUT2D eigenvalue weighted by Crippen LogP contribution is 2.23. The van der Waals surface area contributed by atoms with Gasteiger partial charge in [-0.3, -0.25) is 4.79 Å². The summed E-state index contributed by atoms with van der Waals surface area (Å²) in [6.07, 6.45) is 1.10. The second-order valence-electron chi connectivity index (χ2n) is 4.16. The lowest BCUT2D eigenvalue weighted by atomic mass is 9.86. The van der Waals surface area contributed by atoms with E-state index in [4.69, 9.17) is 15.0 Å². The molecule has 0 aliphatic rings. The van der Waals surface area contributed by atoms with E-state index in [2.05, 4.69) is 27.7 Å². The normalized spacial score (nSPS) is 12.8. The fourth-order valence-corrected chi connectivity index (χ4v) is 1.11. The van der Waals surface area contributed by atoms with Gasteiger partial charge in [-0.1, -0.05) is 27.7 Å². The van der Waals surface area contributed by atoms with Crippen molar-refractivity contribution in [1.29, 1.82) is 0 Å². The van der Waals surface area contributed by atoms with E-state index in [-0.39, 0.29) is 6.47 Å². The second-order valence-corrected chi connectivity index (χ2v) is 4.16. The van der Waals surface area contributed by atoms with Crippen molar-refractivity contribution in [2.45, 2.75) is 34.1 Å². The summed E-state index contributed by atoms with van der Waals surface area (Å²) in [6, 6.07) is 0. The van der Waals surface area contributed by atoms with E-state index in [1.165, 1.54) is 0 Å². The van der Waals surface area contributed by atoms with Gasteiger partial charge in [0.25, 0.3) is 6.47 Å². The molecule has 0 bridgehead atoms. The molecule has 74 valence electrons. The van der Waals surface area contributed by atoms with Crippen molar-refractivity contribution in [1.82, 2.24) is 0 Å². The summed E-state index contributed by atoms with van der Waals surface area (Å²) in [4.78, 5) is 8.36. The molecule has 1 unspecified atom stereocenters. The monoisotopic (exact) mass is 176 g/mol. The van der Waals surface area contributed by atoms with Gasteiger partial charge < -0.3 is 10.2 Å². The zero-order valence-corrected chi connectivity index (χ0v) is 8.37. The minimum atomic E-state index is -0.250. The molecule has 0 rings (SSSR count). The average Bonchev–Trinajstić information content (AvgIpc) is 1.86. The van der Waals surface area contributed by atoms with Crippen molar-refractivity contribution in [3.63, 3.8) is 0 Å². The molecule has 0 saturated heterocycles. The lowest BCUT2D eigenvalue weighted by molar-refractivity contribution is -0.122. The Kier molecular flexibility index (Phi) is 8.27. The number of hydrogen-bond donors (Lipinski definition) is 2. The smallest absolute Gasteiger partial charge is 0.290 e. The van der Waals surface area contributed by atoms with E-state index in [9.17, 15) is 0 Å². The van der Waals surface area contributed by atoms with Crippen LogP contribution < -0.4 is 0 Å². The molecule has 0 aromatic rings. The first-order valence-electron chi connectivity index (χ1n) is 4.06. The van der Waals surface area contributed by atoms with Crippen LogP contribution in [0, 0.1) is 11.3 Å². The number of rotatable bonds is 2. The van der Waals surface area contributed by atoms with Gasteiger partial charge >= 0.3 is 0 Å². The van der Waals surface area contributed by atoms with Gasteiger partial charge in [0.2, 0.25) is 0 Å². The summed E-state index contributed by atoms with van der Waals surface area (Å²) >= 11 is 0. The van der Waals surface area contributed by atoms with E-state index in [1.807, 2.05) is 0 Å². The largest absolute Gasteiger partial charge is 0.483 e. The summed E-state index contributed by atoms with van der Waals surface area (Å²) in [5.41, 5.74) is 0.363. The number of aliphatic hydroxyl groups excluding tert-OH is 1. The molecule has 3 heteroatoms. The number of aliphatic hydroxyl groups is 1. The van der Waals surface area contributed by atoms with Gasteiger partial charge in [-0.25, -0.2) is 0 Å². The van der Waals surface area contributed by atoms with Crippen LogP contribution in [-0.4, -0.2) is 23.3 Å². The zero-order chi connectivity index (χ0) is 10.2. The highest BCUT2D eigenvalue weighted by molar-refractivity contribution is 5.32. The molecule has 0 heterocycles. The molecular weight excluding hydrogens is 156 g/mol. The summed E-state index contributed by atoms with van der Waals surface area (Å²) in [5, 5.41) is 15.6. The average molecular weight is 176 g/mol. The minimum absolute atomic E-state index is 0.250. The quantitative estimate of drug-likeness (QED) is 0.630. The molecule has 2 N–H and O–H groups in total. The number of hydrogen-bond acceptors (Lipinski definition) is 2. The van der Waals surface area contributed by atoms with E-state index >= 15 is 0 Å². The predicted octanol–water partition coefficient (Wildman–Crippen LogP) is 1.75. The highest BCUT2D eigenvalue weighted by Gasteiger charge is 2.13. The second kappa shape index (κ2) is 7.10. The molecule has 0 amide bonds. The Morgan fingerprint density at radius 3 is 1.83 bits per heavy atom. The fraction of sp³-hybridized carbons (Fsp3) is 0.889. The Bertz CT molecular complexity index is 105. The Morgan fingerprint density at radius 1 is 1.42 bits per heavy atom. The van der Waals surface area contributed by atoms with Gasteiger partial charge in [0, 0.05) is 6.61 Å². The van der Waals surface area contributed by atoms with Crippen LogP contribution in [0.5, 0.6) is 0 Å². The predicted molar refractivity (Wildman–Crippen MR) is 49.0 cm³/mol. The first-order chi connectivity index (χ1) is 5.37. The van der Waals surface area contributed by atoms with Crippen LogP contribution in [0.15, 0.2) is 0 Å². The van der Waals surface area contributed by atoms with Crippen LogP contribution >= 0.6 is 0 Å². The number of carboxylic acid groups (broad SMARTS) is 1. The Hall–Kier alpha value is -0.570. The van der Waals surface area contributed by atoms with Crippen LogP contribution in [0.25, 0.3) is 0 Å². The zero-order valence-electron chi connectivity index (χ0n) is 8.37. The first kappa shape index (κ1) is 14.0. The lowest BCUT2D eigenvalue weighted by Gasteiger charge is -2.21. The van der Waals surface area contributed by atoms with Crippen LogP contribution in [-0.2, 0) is 4.79 Å². The van der Waals surface area contributed by atoms with Gasteiger partial charge in [-0.05, 0) is 17.8 Å². The van der Waals surface area contributed by atoms with Gasteiger partial charge in [0.1, 0.15) is 0 Å². The van der Waals surface area contributed by atoms with Crippen molar-refractivity contribution >= 4 is 6.47 Å². The summed E-state index contributed by atoms with van der Waals surface area (Å²) < 4.78 is 0. The first-order valence-corrected chi connectivity index (χ1v) is 4.06. The maximum Gasteiger partial charge on any atom is 0.290 e. The third kappa shape index (κ3) is 16.2. The molecule has 0 aliphatic carbocycles. The molecule has 12 heavy (non-hydrogen) atoms. The van der Waals surface area contributed by atoms with Crippen molar-refractivity contribution in [3.05, 3.63) is 0 Å². The van der Waals surface area contributed by atoms with Crippen molar-refractivity contribution in [3.8, 4) is 0 Å². The highest BCUT2D eigenvalue weighted by atomic mass is 16.3. The van der Waals surface area contributed by atoms with Crippen molar-refractivity contribution < 1.29 is 15.0 Å². The van der Waals surface area contributed by atoms with Crippen molar-refractivity contribution in [2.75, 3.05) is 6.61 Å². The Labute approximate surface area is 74.4 Å². The SMILES string of the molecule is CC(CO)CC(C)(C)C.O=CO. The van der Waals surface area contributed by atoms with Gasteiger partial charge in [0.05, 0.1) is 0 Å². The molecule has 0 spiro atoms. The van der Waals surface area contributed by atoms with E-state index in [0.29, 0.717) is 17.9 Å². The molecule has 0 aromatic heterocycles. The van der Waals surface area contributed by atoms with E-state index < -0.39 is 0 Å². The molecule has 0 fully saturated rings. The number of carbonyl (C=O) groups is 1. The topological polar surface area (TPSA) is 57.5 Å². The van der Waals surface area contributed by atoms with Crippen molar-refractivity contribution in [2.24, 2.45) is 11.3 Å². The van der Waals surface area contributed by atoms with Gasteiger partial charge in [-0.2, -0.15) is 0 Å². The van der Waals surface area contributed by atoms with Crippen LogP contribution in [0.4, 0.5) is 0 Å². The molecule has 0 aliphatic heterocycles. The van der Waals surface area contributed by atoms with Crippen LogP contribution in [0.2, 0.25) is 0 Å². The molecule has 0 saturated carbocycles. The third-order valence-electron chi connectivity index (χ3n) is 1.27.